The lowest BCUT2D eigenvalue weighted by Gasteiger charge is -2.12. The molecular formula is C17H13F4N3O. The summed E-state index contributed by atoms with van der Waals surface area (Å²) in [6.45, 7) is 1.05. The van der Waals surface area contributed by atoms with Crippen molar-refractivity contribution in [3.63, 3.8) is 0 Å². The lowest BCUT2D eigenvalue weighted by molar-refractivity contribution is -0.147. The number of carbonyl (C=O) groups excluding carboxylic acids is 1. The Morgan fingerprint density at radius 3 is 2.60 bits per heavy atom. The van der Waals surface area contributed by atoms with E-state index in [2.05, 4.69) is 10.3 Å². The second-order valence-corrected chi connectivity index (χ2v) is 5.54. The van der Waals surface area contributed by atoms with Crippen LogP contribution in [0.1, 0.15) is 11.4 Å². The van der Waals surface area contributed by atoms with Gasteiger partial charge < -0.3 is 9.88 Å². The van der Waals surface area contributed by atoms with Gasteiger partial charge >= 0.3 is 6.18 Å². The highest BCUT2D eigenvalue weighted by molar-refractivity contribution is 5.92. The third-order valence-corrected chi connectivity index (χ3v) is 3.61. The van der Waals surface area contributed by atoms with Crippen LogP contribution in [0.3, 0.4) is 0 Å². The maximum atomic E-state index is 13.8. The summed E-state index contributed by atoms with van der Waals surface area (Å²) in [5, 5.41) is 2.29. The van der Waals surface area contributed by atoms with Gasteiger partial charge in [-0.05, 0) is 36.8 Å². The summed E-state index contributed by atoms with van der Waals surface area (Å²) in [4.78, 5) is 15.7. The fourth-order valence-corrected chi connectivity index (χ4v) is 2.51. The van der Waals surface area contributed by atoms with Crippen molar-refractivity contribution >= 4 is 22.6 Å². The highest BCUT2D eigenvalue weighted by atomic mass is 19.4. The quantitative estimate of drug-likeness (QED) is 0.721. The van der Waals surface area contributed by atoms with E-state index in [-0.39, 0.29) is 16.7 Å². The van der Waals surface area contributed by atoms with E-state index in [1.165, 1.54) is 24.3 Å². The molecule has 0 bridgehead atoms. The second kappa shape index (κ2) is 6.19. The number of fused-ring (bicyclic) bond motifs is 1. The van der Waals surface area contributed by atoms with Crippen LogP contribution in [0.15, 0.2) is 42.5 Å². The van der Waals surface area contributed by atoms with Crippen molar-refractivity contribution in [3.8, 4) is 0 Å². The molecule has 0 saturated carbocycles. The molecule has 0 aliphatic heterocycles. The fourth-order valence-electron chi connectivity index (χ4n) is 2.51. The molecule has 1 heterocycles. The number of halogens is 4. The van der Waals surface area contributed by atoms with Gasteiger partial charge in [0.1, 0.15) is 12.4 Å². The van der Waals surface area contributed by atoms with Gasteiger partial charge in [-0.3, -0.25) is 4.79 Å². The van der Waals surface area contributed by atoms with E-state index in [9.17, 15) is 22.4 Å². The highest BCUT2D eigenvalue weighted by Crippen LogP contribution is 2.31. The molecule has 1 amide bonds. The van der Waals surface area contributed by atoms with Crippen molar-refractivity contribution in [1.29, 1.82) is 0 Å². The van der Waals surface area contributed by atoms with Gasteiger partial charge in [0.25, 0.3) is 0 Å². The Labute approximate surface area is 140 Å². The molecule has 3 aromatic rings. The van der Waals surface area contributed by atoms with Crippen molar-refractivity contribution in [1.82, 2.24) is 9.55 Å². The molecule has 8 heteroatoms. The predicted molar refractivity (Wildman–Crippen MR) is 84.5 cm³/mol. The molecule has 0 radical (unpaired) electrons. The molecule has 0 saturated heterocycles. The SMILES string of the molecule is Cc1ccc(NC(=O)Cn2c(C(F)(F)F)nc3ccccc32)c(F)c1. The van der Waals surface area contributed by atoms with Crippen molar-refractivity contribution in [2.45, 2.75) is 19.6 Å². The smallest absolute Gasteiger partial charge is 0.322 e. The molecular weight excluding hydrogens is 338 g/mol. The van der Waals surface area contributed by atoms with Gasteiger partial charge in [0.2, 0.25) is 11.7 Å². The van der Waals surface area contributed by atoms with Gasteiger partial charge in [-0.1, -0.05) is 18.2 Å². The van der Waals surface area contributed by atoms with Gasteiger partial charge in [-0.2, -0.15) is 13.2 Å². The number of benzene rings is 2. The zero-order valence-electron chi connectivity index (χ0n) is 13.1. The molecule has 0 atom stereocenters. The lowest BCUT2D eigenvalue weighted by Crippen LogP contribution is -2.23. The van der Waals surface area contributed by atoms with Crippen LogP contribution >= 0.6 is 0 Å². The van der Waals surface area contributed by atoms with Crippen LogP contribution < -0.4 is 5.32 Å². The molecule has 0 spiro atoms. The average Bonchev–Trinajstić information content (AvgIpc) is 2.89. The molecule has 4 nitrogen and oxygen atoms in total. The largest absolute Gasteiger partial charge is 0.449 e. The fraction of sp³-hybridized carbons (Fsp3) is 0.176. The number of imidazole rings is 1. The summed E-state index contributed by atoms with van der Waals surface area (Å²) in [6.07, 6.45) is -4.71. The standard InChI is InChI=1S/C17H13F4N3O/c1-10-6-7-12(11(18)8-10)22-15(25)9-24-14-5-3-2-4-13(14)23-16(24)17(19,20)21/h2-8H,9H2,1H3,(H,22,25). The van der Waals surface area contributed by atoms with Crippen LogP contribution in [0.5, 0.6) is 0 Å². The van der Waals surface area contributed by atoms with E-state index in [1.807, 2.05) is 0 Å². The molecule has 1 aromatic heterocycles. The summed E-state index contributed by atoms with van der Waals surface area (Å²) >= 11 is 0. The topological polar surface area (TPSA) is 46.9 Å². The van der Waals surface area contributed by atoms with Crippen LogP contribution in [-0.2, 0) is 17.5 Å². The molecule has 0 fully saturated rings. The Balaban J connectivity index is 1.93. The number of amides is 1. The van der Waals surface area contributed by atoms with E-state index in [4.69, 9.17) is 0 Å². The third kappa shape index (κ3) is 3.47. The summed E-state index contributed by atoms with van der Waals surface area (Å²) in [6, 6.07) is 10.2. The van der Waals surface area contributed by atoms with Crippen LogP contribution in [0.25, 0.3) is 11.0 Å². The molecule has 2 aromatic carbocycles. The number of aryl methyl sites for hydroxylation is 1. The zero-order chi connectivity index (χ0) is 18.2. The minimum absolute atomic E-state index is 0.0893. The van der Waals surface area contributed by atoms with E-state index in [0.717, 1.165) is 4.57 Å². The Bertz CT molecular complexity index is 947. The Hall–Kier alpha value is -2.90. The van der Waals surface area contributed by atoms with Crippen LogP contribution in [0, 0.1) is 12.7 Å². The number of anilines is 1. The number of aromatic nitrogens is 2. The number of nitrogens with zero attached hydrogens (tertiary/aromatic N) is 2. The minimum Gasteiger partial charge on any atom is -0.322 e. The maximum Gasteiger partial charge on any atom is 0.449 e. The molecule has 0 aliphatic carbocycles. The Kier molecular flexibility index (Phi) is 4.20. The number of hydrogen-bond donors (Lipinski definition) is 1. The summed E-state index contributed by atoms with van der Waals surface area (Å²) in [7, 11) is 0. The van der Waals surface area contributed by atoms with Crippen molar-refractivity contribution in [2.75, 3.05) is 5.32 Å². The summed E-state index contributed by atoms with van der Waals surface area (Å²) in [5.41, 5.74) is 0.877. The van der Waals surface area contributed by atoms with E-state index >= 15 is 0 Å². The first kappa shape index (κ1) is 16.9. The number of carbonyl (C=O) groups is 1. The molecule has 25 heavy (non-hydrogen) atoms. The average molecular weight is 351 g/mol. The first-order valence-electron chi connectivity index (χ1n) is 7.34. The van der Waals surface area contributed by atoms with Crippen molar-refractivity contribution in [3.05, 3.63) is 59.7 Å². The van der Waals surface area contributed by atoms with Crippen LogP contribution in [0.4, 0.5) is 23.2 Å². The number of hydrogen-bond acceptors (Lipinski definition) is 2. The molecule has 3 rings (SSSR count). The van der Waals surface area contributed by atoms with Crippen LogP contribution in [0.2, 0.25) is 0 Å². The number of nitrogens with one attached hydrogen (secondary N) is 1. The van der Waals surface area contributed by atoms with Gasteiger partial charge in [-0.25, -0.2) is 9.37 Å². The van der Waals surface area contributed by atoms with Gasteiger partial charge in [-0.15, -0.1) is 0 Å². The summed E-state index contributed by atoms with van der Waals surface area (Å²) in [5.74, 6) is -2.61. The lowest BCUT2D eigenvalue weighted by atomic mass is 10.2. The van der Waals surface area contributed by atoms with E-state index < -0.39 is 30.3 Å². The third-order valence-electron chi connectivity index (χ3n) is 3.61. The minimum atomic E-state index is -4.71. The number of rotatable bonds is 3. The first-order chi connectivity index (χ1) is 11.8. The summed E-state index contributed by atoms with van der Waals surface area (Å²) < 4.78 is 54.2. The Morgan fingerprint density at radius 1 is 1.20 bits per heavy atom. The van der Waals surface area contributed by atoms with E-state index in [0.29, 0.717) is 5.56 Å². The first-order valence-corrected chi connectivity index (χ1v) is 7.34. The Morgan fingerprint density at radius 2 is 1.92 bits per heavy atom. The number of alkyl halides is 3. The molecule has 0 aliphatic rings. The van der Waals surface area contributed by atoms with Gasteiger partial charge in [0.15, 0.2) is 0 Å². The van der Waals surface area contributed by atoms with E-state index in [1.54, 1.807) is 25.1 Å². The monoisotopic (exact) mass is 351 g/mol. The normalized spacial score (nSPS) is 11.7. The predicted octanol–water partition coefficient (Wildman–Crippen LogP) is 4.14. The maximum absolute atomic E-state index is 13.8. The number of para-hydroxylation sites is 2. The second-order valence-electron chi connectivity index (χ2n) is 5.54. The molecule has 130 valence electrons. The molecule has 0 unspecified atom stereocenters. The zero-order valence-corrected chi connectivity index (χ0v) is 13.1. The van der Waals surface area contributed by atoms with Crippen molar-refractivity contribution < 1.29 is 22.4 Å². The van der Waals surface area contributed by atoms with Gasteiger partial charge in [0, 0.05) is 0 Å². The van der Waals surface area contributed by atoms with Crippen LogP contribution in [-0.4, -0.2) is 15.5 Å². The van der Waals surface area contributed by atoms with Crippen molar-refractivity contribution in [2.24, 2.45) is 0 Å². The highest BCUT2D eigenvalue weighted by Gasteiger charge is 2.38. The molecule has 1 N–H and O–H groups in total. The van der Waals surface area contributed by atoms with Gasteiger partial charge in [0.05, 0.1) is 16.7 Å².